The van der Waals surface area contributed by atoms with Gasteiger partial charge in [0.2, 0.25) is 0 Å². The maximum Gasteiger partial charge on any atom is 0.255 e. The molecule has 7 nitrogen and oxygen atoms in total. The van der Waals surface area contributed by atoms with Crippen LogP contribution in [0.15, 0.2) is 91.3 Å². The standard InChI is InChI=1S/C26H24N4O3/c1-30-17-16-27-24(30)23(18-10-14-22(33-2)15-11-18)29-26(32)20-8-12-21(13-9-20)28-25(31)19-6-4-3-5-7-19/h3-17,23H,1-2H3,(H,28,31)(H,29,32). The highest BCUT2D eigenvalue weighted by Gasteiger charge is 2.21. The molecule has 0 saturated carbocycles. The number of anilines is 1. The zero-order valence-electron chi connectivity index (χ0n) is 18.4. The van der Waals surface area contributed by atoms with E-state index in [4.69, 9.17) is 4.74 Å². The molecule has 7 heteroatoms. The Kier molecular flexibility index (Phi) is 6.50. The highest BCUT2D eigenvalue weighted by molar-refractivity contribution is 6.04. The first kappa shape index (κ1) is 21.8. The van der Waals surface area contributed by atoms with Gasteiger partial charge in [0.05, 0.1) is 7.11 Å². The largest absolute Gasteiger partial charge is 0.497 e. The fourth-order valence-corrected chi connectivity index (χ4v) is 3.46. The number of methoxy groups -OCH3 is 1. The summed E-state index contributed by atoms with van der Waals surface area (Å²) < 4.78 is 7.11. The van der Waals surface area contributed by atoms with Gasteiger partial charge in [0, 0.05) is 36.3 Å². The van der Waals surface area contributed by atoms with Crippen LogP contribution in [-0.4, -0.2) is 28.5 Å². The van der Waals surface area contributed by atoms with Crippen LogP contribution in [0.3, 0.4) is 0 Å². The van der Waals surface area contributed by atoms with Crippen LogP contribution in [-0.2, 0) is 7.05 Å². The number of aromatic nitrogens is 2. The van der Waals surface area contributed by atoms with Crippen LogP contribution >= 0.6 is 0 Å². The predicted octanol–water partition coefficient (Wildman–Crippen LogP) is 4.20. The van der Waals surface area contributed by atoms with Crippen molar-refractivity contribution < 1.29 is 14.3 Å². The van der Waals surface area contributed by atoms with Crippen LogP contribution in [0.25, 0.3) is 0 Å². The number of rotatable bonds is 7. The molecule has 4 aromatic rings. The van der Waals surface area contributed by atoms with E-state index in [0.29, 0.717) is 22.6 Å². The molecule has 166 valence electrons. The van der Waals surface area contributed by atoms with E-state index in [2.05, 4.69) is 15.6 Å². The topological polar surface area (TPSA) is 85.2 Å². The number of aryl methyl sites for hydroxylation is 1. The normalized spacial score (nSPS) is 11.5. The van der Waals surface area contributed by atoms with Crippen LogP contribution in [0, 0.1) is 0 Å². The second kappa shape index (κ2) is 9.82. The number of benzene rings is 3. The first-order chi connectivity index (χ1) is 16.0. The molecule has 2 N–H and O–H groups in total. The number of carbonyl (C=O) groups excluding carboxylic acids is 2. The van der Waals surface area contributed by atoms with E-state index >= 15 is 0 Å². The first-order valence-electron chi connectivity index (χ1n) is 10.4. The summed E-state index contributed by atoms with van der Waals surface area (Å²) in [6.45, 7) is 0. The molecule has 0 bridgehead atoms. The van der Waals surface area contributed by atoms with Gasteiger partial charge >= 0.3 is 0 Å². The van der Waals surface area contributed by atoms with Gasteiger partial charge in [0.15, 0.2) is 0 Å². The Labute approximate surface area is 192 Å². The van der Waals surface area contributed by atoms with Crippen LogP contribution < -0.4 is 15.4 Å². The second-order valence-electron chi connectivity index (χ2n) is 7.47. The number of nitrogens with zero attached hydrogens (tertiary/aromatic N) is 2. The molecule has 1 heterocycles. The maximum atomic E-state index is 13.1. The molecule has 33 heavy (non-hydrogen) atoms. The van der Waals surface area contributed by atoms with Crippen LogP contribution in [0.2, 0.25) is 0 Å². The lowest BCUT2D eigenvalue weighted by Gasteiger charge is -2.19. The van der Waals surface area contributed by atoms with Crippen LogP contribution in [0.5, 0.6) is 5.75 Å². The molecule has 4 rings (SSSR count). The minimum atomic E-state index is -0.444. The number of hydrogen-bond donors (Lipinski definition) is 2. The van der Waals surface area contributed by atoms with Crippen molar-refractivity contribution >= 4 is 17.5 Å². The molecule has 0 spiro atoms. The zero-order valence-corrected chi connectivity index (χ0v) is 18.4. The molecule has 0 aliphatic carbocycles. The first-order valence-corrected chi connectivity index (χ1v) is 10.4. The summed E-state index contributed by atoms with van der Waals surface area (Å²) in [5.74, 6) is 0.985. The average molecular weight is 441 g/mol. The number of ether oxygens (including phenoxy) is 1. The summed E-state index contributed by atoms with van der Waals surface area (Å²) in [4.78, 5) is 29.8. The highest BCUT2D eigenvalue weighted by Crippen LogP contribution is 2.24. The van der Waals surface area contributed by atoms with Crippen molar-refractivity contribution in [3.8, 4) is 5.75 Å². The van der Waals surface area contributed by atoms with Gasteiger partial charge < -0.3 is 19.9 Å². The smallest absolute Gasteiger partial charge is 0.255 e. The van der Waals surface area contributed by atoms with Crippen molar-refractivity contribution in [1.29, 1.82) is 0 Å². The van der Waals surface area contributed by atoms with Crippen LogP contribution in [0.4, 0.5) is 5.69 Å². The van der Waals surface area contributed by atoms with Crippen molar-refractivity contribution in [3.63, 3.8) is 0 Å². The Hall–Kier alpha value is -4.39. The summed E-state index contributed by atoms with van der Waals surface area (Å²) in [7, 11) is 3.49. The molecule has 3 aromatic carbocycles. The van der Waals surface area contributed by atoms with Gasteiger partial charge in [-0.05, 0) is 54.1 Å². The molecule has 1 atom stereocenters. The predicted molar refractivity (Wildman–Crippen MR) is 126 cm³/mol. The van der Waals surface area contributed by atoms with Gasteiger partial charge in [-0.1, -0.05) is 30.3 Å². The monoisotopic (exact) mass is 440 g/mol. The maximum absolute atomic E-state index is 13.1. The number of nitrogens with one attached hydrogen (secondary N) is 2. The molecule has 0 aliphatic rings. The molecule has 1 unspecified atom stereocenters. The summed E-state index contributed by atoms with van der Waals surface area (Å²) in [5, 5.41) is 5.90. The second-order valence-corrected chi connectivity index (χ2v) is 7.47. The molecule has 0 saturated heterocycles. The fourth-order valence-electron chi connectivity index (χ4n) is 3.46. The molecule has 0 radical (unpaired) electrons. The van der Waals surface area contributed by atoms with Crippen molar-refractivity contribution in [2.75, 3.05) is 12.4 Å². The van der Waals surface area contributed by atoms with E-state index < -0.39 is 6.04 Å². The lowest BCUT2D eigenvalue weighted by Crippen LogP contribution is -2.31. The van der Waals surface area contributed by atoms with Gasteiger partial charge in [0.1, 0.15) is 17.6 Å². The quantitative estimate of drug-likeness (QED) is 0.451. The van der Waals surface area contributed by atoms with Crippen molar-refractivity contribution in [3.05, 3.63) is 114 Å². The molecule has 1 aromatic heterocycles. The Morgan fingerprint density at radius 1 is 0.879 bits per heavy atom. The lowest BCUT2D eigenvalue weighted by molar-refractivity contribution is 0.0940. The van der Waals surface area contributed by atoms with Gasteiger partial charge in [-0.2, -0.15) is 0 Å². The summed E-state index contributed by atoms with van der Waals surface area (Å²) in [6, 6.07) is 22.8. The Bertz CT molecular complexity index is 1230. The van der Waals surface area contributed by atoms with Crippen LogP contribution in [0.1, 0.15) is 38.1 Å². The highest BCUT2D eigenvalue weighted by atomic mass is 16.5. The third-order valence-electron chi connectivity index (χ3n) is 5.28. The van der Waals surface area contributed by atoms with Gasteiger partial charge in [-0.15, -0.1) is 0 Å². The van der Waals surface area contributed by atoms with E-state index in [-0.39, 0.29) is 11.8 Å². The molecule has 0 fully saturated rings. The number of carbonyl (C=O) groups is 2. The third kappa shape index (κ3) is 5.10. The minimum absolute atomic E-state index is 0.206. The zero-order chi connectivity index (χ0) is 23.2. The Morgan fingerprint density at radius 2 is 1.55 bits per heavy atom. The third-order valence-corrected chi connectivity index (χ3v) is 5.28. The van der Waals surface area contributed by atoms with E-state index in [9.17, 15) is 9.59 Å². The molecular weight excluding hydrogens is 416 g/mol. The van der Waals surface area contributed by atoms with E-state index in [1.54, 1.807) is 49.7 Å². The molecule has 2 amide bonds. The summed E-state index contributed by atoms with van der Waals surface area (Å²) >= 11 is 0. The van der Waals surface area contributed by atoms with E-state index in [1.807, 2.05) is 60.3 Å². The lowest BCUT2D eigenvalue weighted by atomic mass is 10.0. The SMILES string of the molecule is COc1ccc(C(NC(=O)c2ccc(NC(=O)c3ccccc3)cc2)c2nccn2C)cc1. The van der Waals surface area contributed by atoms with Gasteiger partial charge in [-0.3, -0.25) is 9.59 Å². The van der Waals surface area contributed by atoms with Gasteiger partial charge in [-0.25, -0.2) is 4.98 Å². The summed E-state index contributed by atoms with van der Waals surface area (Å²) in [5.41, 5.74) is 2.53. The van der Waals surface area contributed by atoms with Crippen molar-refractivity contribution in [2.45, 2.75) is 6.04 Å². The molecule has 0 aliphatic heterocycles. The average Bonchev–Trinajstić information content (AvgIpc) is 3.29. The number of amides is 2. The van der Waals surface area contributed by atoms with E-state index in [0.717, 1.165) is 11.3 Å². The van der Waals surface area contributed by atoms with Crippen molar-refractivity contribution in [1.82, 2.24) is 14.9 Å². The minimum Gasteiger partial charge on any atom is -0.497 e. The molecular formula is C26H24N4O3. The van der Waals surface area contributed by atoms with Gasteiger partial charge in [0.25, 0.3) is 11.8 Å². The van der Waals surface area contributed by atoms with Crippen molar-refractivity contribution in [2.24, 2.45) is 7.05 Å². The fraction of sp³-hybridized carbons (Fsp3) is 0.115. The summed E-state index contributed by atoms with van der Waals surface area (Å²) in [6.07, 6.45) is 3.53. The van der Waals surface area contributed by atoms with E-state index in [1.165, 1.54) is 0 Å². The number of hydrogen-bond acceptors (Lipinski definition) is 4. The number of imidazole rings is 1. The Morgan fingerprint density at radius 3 is 2.15 bits per heavy atom. The Balaban J connectivity index is 1.50.